The Bertz CT molecular complexity index is 1350. The largest absolute Gasteiger partial charge is 0.497 e. The number of rotatable bonds is 10. The van der Waals surface area contributed by atoms with Crippen molar-refractivity contribution in [2.45, 2.75) is 51.7 Å². The summed E-state index contributed by atoms with van der Waals surface area (Å²) in [5.41, 5.74) is 2.00. The minimum Gasteiger partial charge on any atom is -0.497 e. The number of nitrogens with zero attached hydrogens (tertiary/aromatic N) is 2. The van der Waals surface area contributed by atoms with Crippen molar-refractivity contribution in [2.24, 2.45) is 0 Å². The molecule has 1 spiro atoms. The second-order valence-electron chi connectivity index (χ2n) is 9.60. The number of aromatic nitrogens is 1. The first-order valence-corrected chi connectivity index (χ1v) is 12.6. The number of hydrogen-bond acceptors (Lipinski definition) is 8. The Kier molecular flexibility index (Phi) is 8.08. The second-order valence-corrected chi connectivity index (χ2v) is 9.60. The van der Waals surface area contributed by atoms with Gasteiger partial charge in [0.1, 0.15) is 34.2 Å². The lowest BCUT2D eigenvalue weighted by atomic mass is 10.1. The third kappa shape index (κ3) is 5.66. The molecule has 1 aromatic heterocycles. The standard InChI is InChI=1S/C28H33N5O6/c1-17(25-26(35)32-28(33(25)16-34)9-5-6-10-28)11-18(2)31-22-13-24(30-15-21(22)27(36)37)29-14-19-7-8-20(38-3)12-23(19)39-4/h7-8,11-13,15-16H,5-6,9-10,14H2,1-4H3,(H,32,35)(H,36,37)(H2,29,30,31)/b18-11+,25-17-. The van der Waals surface area contributed by atoms with Gasteiger partial charge in [0.05, 0.1) is 19.9 Å². The number of pyridine rings is 1. The summed E-state index contributed by atoms with van der Waals surface area (Å²) in [7, 11) is 3.15. The Labute approximate surface area is 226 Å². The summed E-state index contributed by atoms with van der Waals surface area (Å²) in [4.78, 5) is 42.4. The van der Waals surface area contributed by atoms with Gasteiger partial charge in [-0.25, -0.2) is 9.78 Å². The molecular weight excluding hydrogens is 502 g/mol. The van der Waals surface area contributed by atoms with Gasteiger partial charge in [0.15, 0.2) is 0 Å². The number of benzene rings is 1. The van der Waals surface area contributed by atoms with E-state index in [0.29, 0.717) is 65.8 Å². The van der Waals surface area contributed by atoms with Crippen molar-refractivity contribution in [3.63, 3.8) is 0 Å². The number of carbonyl (C=O) groups is 3. The third-order valence-electron chi connectivity index (χ3n) is 7.03. The number of methoxy groups -OCH3 is 2. The summed E-state index contributed by atoms with van der Waals surface area (Å²) < 4.78 is 10.7. The molecule has 4 rings (SSSR count). The molecule has 0 bridgehead atoms. The highest BCUT2D eigenvalue weighted by atomic mass is 16.5. The maximum absolute atomic E-state index is 12.8. The summed E-state index contributed by atoms with van der Waals surface area (Å²) in [6, 6.07) is 7.08. The van der Waals surface area contributed by atoms with Crippen LogP contribution in [0, 0.1) is 0 Å². The van der Waals surface area contributed by atoms with Crippen LogP contribution in [-0.2, 0) is 16.1 Å². The molecule has 0 atom stereocenters. The van der Waals surface area contributed by atoms with E-state index in [4.69, 9.17) is 9.47 Å². The minimum absolute atomic E-state index is 0.0151. The van der Waals surface area contributed by atoms with Gasteiger partial charge in [-0.3, -0.25) is 14.5 Å². The van der Waals surface area contributed by atoms with Gasteiger partial charge in [0.2, 0.25) is 6.41 Å². The molecule has 1 aliphatic heterocycles. The number of carboxylic acids is 1. The summed E-state index contributed by atoms with van der Waals surface area (Å²) in [5.74, 6) is 0.337. The number of nitrogens with one attached hydrogen (secondary N) is 3. The van der Waals surface area contributed by atoms with E-state index in [1.807, 2.05) is 12.1 Å². The molecular formula is C28H33N5O6. The van der Waals surface area contributed by atoms with Crippen LogP contribution in [-0.4, -0.2) is 53.2 Å². The number of anilines is 2. The lowest BCUT2D eigenvalue weighted by Crippen LogP contribution is -2.48. The maximum atomic E-state index is 12.8. The number of carboxylic acid groups (broad SMARTS) is 1. The first kappa shape index (κ1) is 27.5. The van der Waals surface area contributed by atoms with Gasteiger partial charge in [0.25, 0.3) is 5.91 Å². The first-order valence-electron chi connectivity index (χ1n) is 12.6. The Morgan fingerprint density at radius 3 is 2.59 bits per heavy atom. The quantitative estimate of drug-likeness (QED) is 0.263. The van der Waals surface area contributed by atoms with Crippen LogP contribution in [0.2, 0.25) is 0 Å². The van der Waals surface area contributed by atoms with Crippen molar-refractivity contribution in [2.75, 3.05) is 24.9 Å². The van der Waals surface area contributed by atoms with Crippen molar-refractivity contribution in [3.05, 3.63) is 64.6 Å². The van der Waals surface area contributed by atoms with E-state index >= 15 is 0 Å². The molecule has 206 valence electrons. The van der Waals surface area contributed by atoms with E-state index in [0.717, 1.165) is 18.4 Å². The van der Waals surface area contributed by atoms with E-state index in [9.17, 15) is 19.5 Å². The third-order valence-corrected chi connectivity index (χ3v) is 7.03. The molecule has 1 saturated carbocycles. The molecule has 2 heterocycles. The molecule has 4 N–H and O–H groups in total. The lowest BCUT2D eigenvalue weighted by molar-refractivity contribution is -0.120. The van der Waals surface area contributed by atoms with Crippen LogP contribution in [0.5, 0.6) is 11.5 Å². The highest BCUT2D eigenvalue weighted by Crippen LogP contribution is 2.39. The van der Waals surface area contributed by atoms with Crippen molar-refractivity contribution in [3.8, 4) is 11.5 Å². The number of aromatic carboxylic acids is 1. The summed E-state index contributed by atoms with van der Waals surface area (Å²) >= 11 is 0. The zero-order chi connectivity index (χ0) is 28.2. The van der Waals surface area contributed by atoms with Crippen LogP contribution >= 0.6 is 0 Å². The Morgan fingerprint density at radius 1 is 1.21 bits per heavy atom. The predicted molar refractivity (Wildman–Crippen MR) is 145 cm³/mol. The fraction of sp³-hybridized carbons (Fsp3) is 0.357. The number of carbonyl (C=O) groups excluding carboxylic acids is 2. The van der Waals surface area contributed by atoms with Gasteiger partial charge < -0.3 is 30.5 Å². The average Bonchev–Trinajstić information content (AvgIpc) is 3.49. The van der Waals surface area contributed by atoms with E-state index in [-0.39, 0.29) is 11.5 Å². The van der Waals surface area contributed by atoms with Crippen molar-refractivity contribution in [1.29, 1.82) is 0 Å². The number of amides is 2. The van der Waals surface area contributed by atoms with Gasteiger partial charge >= 0.3 is 5.97 Å². The molecule has 0 radical (unpaired) electrons. The summed E-state index contributed by atoms with van der Waals surface area (Å²) in [6.45, 7) is 3.89. The van der Waals surface area contributed by atoms with Crippen LogP contribution in [0.3, 0.4) is 0 Å². The Balaban J connectivity index is 1.56. The molecule has 0 unspecified atom stereocenters. The van der Waals surface area contributed by atoms with Gasteiger partial charge in [-0.2, -0.15) is 0 Å². The smallest absolute Gasteiger partial charge is 0.339 e. The predicted octanol–water partition coefficient (Wildman–Crippen LogP) is 3.86. The highest BCUT2D eigenvalue weighted by molar-refractivity contribution is 6.00. The van der Waals surface area contributed by atoms with Crippen molar-refractivity contribution >= 4 is 29.8 Å². The maximum Gasteiger partial charge on any atom is 0.339 e. The topological polar surface area (TPSA) is 142 Å². The van der Waals surface area contributed by atoms with Crippen LogP contribution in [0.25, 0.3) is 0 Å². The van der Waals surface area contributed by atoms with E-state index in [2.05, 4.69) is 20.9 Å². The number of ether oxygens (including phenoxy) is 2. The van der Waals surface area contributed by atoms with Crippen LogP contribution in [0.4, 0.5) is 11.5 Å². The molecule has 1 aromatic carbocycles. The zero-order valence-corrected chi connectivity index (χ0v) is 22.5. The van der Waals surface area contributed by atoms with Crippen LogP contribution in [0.1, 0.15) is 55.5 Å². The fourth-order valence-electron chi connectivity index (χ4n) is 5.15. The zero-order valence-electron chi connectivity index (χ0n) is 22.5. The first-order chi connectivity index (χ1) is 18.7. The number of hydrogen-bond donors (Lipinski definition) is 4. The van der Waals surface area contributed by atoms with Crippen molar-refractivity contribution in [1.82, 2.24) is 15.2 Å². The van der Waals surface area contributed by atoms with E-state index in [1.54, 1.807) is 46.3 Å². The normalized spacial score (nSPS) is 17.6. The molecule has 2 fully saturated rings. The molecule has 11 heteroatoms. The van der Waals surface area contributed by atoms with Gasteiger partial charge in [-0.05, 0) is 63.3 Å². The van der Waals surface area contributed by atoms with E-state index in [1.165, 1.54) is 11.1 Å². The molecule has 2 amide bonds. The minimum atomic E-state index is -1.14. The molecule has 1 aliphatic carbocycles. The Hall–Kier alpha value is -4.54. The van der Waals surface area contributed by atoms with Gasteiger partial charge in [-0.15, -0.1) is 0 Å². The molecule has 11 nitrogen and oxygen atoms in total. The highest BCUT2D eigenvalue weighted by Gasteiger charge is 2.49. The number of allylic oxidation sites excluding steroid dienone is 3. The van der Waals surface area contributed by atoms with Gasteiger partial charge in [-0.1, -0.05) is 0 Å². The van der Waals surface area contributed by atoms with E-state index < -0.39 is 11.6 Å². The molecule has 2 aromatic rings. The Morgan fingerprint density at radius 2 is 1.95 bits per heavy atom. The molecule has 39 heavy (non-hydrogen) atoms. The summed E-state index contributed by atoms with van der Waals surface area (Å²) in [5, 5.41) is 19.0. The van der Waals surface area contributed by atoms with Crippen molar-refractivity contribution < 1.29 is 29.0 Å². The van der Waals surface area contributed by atoms with Crippen LogP contribution in [0.15, 0.2) is 53.5 Å². The fourth-order valence-corrected chi connectivity index (χ4v) is 5.15. The van der Waals surface area contributed by atoms with Crippen LogP contribution < -0.4 is 25.4 Å². The average molecular weight is 536 g/mol. The monoisotopic (exact) mass is 535 g/mol. The SMILES string of the molecule is COc1ccc(CNc2cc(N/C(C)=C/C(C)=C3/C(=O)NC4(CCCC4)N3C=O)c(C(=O)O)cn2)c(OC)c1. The van der Waals surface area contributed by atoms with Gasteiger partial charge in [0, 0.05) is 36.1 Å². The lowest BCUT2D eigenvalue weighted by Gasteiger charge is -2.31. The summed E-state index contributed by atoms with van der Waals surface area (Å²) in [6.07, 6.45) is 7.02. The second kappa shape index (κ2) is 11.5. The molecule has 1 saturated heterocycles. The molecule has 2 aliphatic rings.